The molecule has 0 saturated carbocycles. The molecule has 1 aromatic heterocycles. The Labute approximate surface area is 185 Å². The number of carbonyl (C=O) groups is 2. The molecule has 0 atom stereocenters. The van der Waals surface area contributed by atoms with E-state index in [1.165, 1.54) is 13.3 Å². The van der Waals surface area contributed by atoms with E-state index in [9.17, 15) is 14.4 Å². The first-order valence-corrected chi connectivity index (χ1v) is 10.2. The van der Waals surface area contributed by atoms with Crippen molar-refractivity contribution in [3.63, 3.8) is 0 Å². The van der Waals surface area contributed by atoms with Gasteiger partial charge in [0, 0.05) is 41.9 Å². The molecule has 168 valence electrons. The van der Waals surface area contributed by atoms with Crippen LogP contribution in [-0.4, -0.2) is 43.9 Å². The van der Waals surface area contributed by atoms with Gasteiger partial charge >= 0.3 is 6.09 Å². The zero-order valence-corrected chi connectivity index (χ0v) is 18.4. The molecule has 0 fully saturated rings. The zero-order chi connectivity index (χ0) is 23.1. The molecular weight excluding hydrogens is 410 g/mol. The normalized spacial score (nSPS) is 11.2. The van der Waals surface area contributed by atoms with E-state index >= 15 is 0 Å². The monoisotopic (exact) mass is 437 g/mol. The molecule has 8 nitrogen and oxygen atoms in total. The number of methoxy groups -OCH3 is 1. The smallest absolute Gasteiger partial charge is 0.407 e. The van der Waals surface area contributed by atoms with Gasteiger partial charge in [-0.15, -0.1) is 0 Å². The van der Waals surface area contributed by atoms with Crippen molar-refractivity contribution in [1.29, 1.82) is 0 Å². The number of ether oxygens (including phenoxy) is 2. The molecule has 2 amide bonds. The molecule has 3 rings (SSSR count). The number of amides is 2. The highest BCUT2D eigenvalue weighted by Gasteiger charge is 2.22. The van der Waals surface area contributed by atoms with Gasteiger partial charge in [-0.05, 0) is 29.8 Å². The molecule has 3 N–H and O–H groups in total. The molecule has 2 aromatic carbocycles. The standard InChI is InChI=1S/C24H27N3O5/c1-24(2,15-26-23(30)32-13-12-31-3)16-8-10-17(11-9-16)27-22(29)19-14-25-20-7-5-4-6-18(20)21(19)28/h4-11,14H,12-13,15H2,1-3H3,(H,25,28)(H,26,30)(H,27,29). The van der Waals surface area contributed by atoms with Gasteiger partial charge in [0.1, 0.15) is 12.2 Å². The Balaban J connectivity index is 1.64. The van der Waals surface area contributed by atoms with Crippen LogP contribution in [0, 0.1) is 0 Å². The van der Waals surface area contributed by atoms with Gasteiger partial charge in [-0.1, -0.05) is 38.1 Å². The summed E-state index contributed by atoms with van der Waals surface area (Å²) < 4.78 is 9.85. The molecule has 32 heavy (non-hydrogen) atoms. The minimum atomic E-state index is -0.500. The van der Waals surface area contributed by atoms with Crippen molar-refractivity contribution < 1.29 is 19.1 Å². The molecule has 0 aliphatic rings. The predicted molar refractivity (Wildman–Crippen MR) is 123 cm³/mol. The van der Waals surface area contributed by atoms with Crippen LogP contribution in [0.15, 0.2) is 59.5 Å². The molecule has 0 spiro atoms. The Bertz CT molecular complexity index is 1150. The number of hydrogen-bond acceptors (Lipinski definition) is 5. The summed E-state index contributed by atoms with van der Waals surface area (Å²) in [5.74, 6) is -0.482. The Morgan fingerprint density at radius 1 is 1.03 bits per heavy atom. The second-order valence-corrected chi connectivity index (χ2v) is 7.97. The third kappa shape index (κ3) is 5.53. The van der Waals surface area contributed by atoms with E-state index < -0.39 is 12.0 Å². The minimum absolute atomic E-state index is 0.0456. The number of aromatic amines is 1. The zero-order valence-electron chi connectivity index (χ0n) is 18.4. The van der Waals surface area contributed by atoms with Gasteiger partial charge in [-0.2, -0.15) is 0 Å². The predicted octanol–water partition coefficient (Wildman–Crippen LogP) is 3.43. The third-order valence-electron chi connectivity index (χ3n) is 5.15. The highest BCUT2D eigenvalue weighted by atomic mass is 16.6. The molecule has 0 aliphatic heterocycles. The van der Waals surface area contributed by atoms with Crippen LogP contribution in [0.4, 0.5) is 10.5 Å². The summed E-state index contributed by atoms with van der Waals surface area (Å²) in [5, 5.41) is 5.97. The van der Waals surface area contributed by atoms with Gasteiger partial charge in [0.25, 0.3) is 5.91 Å². The van der Waals surface area contributed by atoms with Gasteiger partial charge in [-0.3, -0.25) is 9.59 Å². The van der Waals surface area contributed by atoms with Crippen molar-refractivity contribution in [3.8, 4) is 0 Å². The summed E-state index contributed by atoms with van der Waals surface area (Å²) in [6, 6.07) is 14.3. The maximum absolute atomic E-state index is 12.6. The Hall–Kier alpha value is -3.65. The van der Waals surface area contributed by atoms with Crippen molar-refractivity contribution in [2.45, 2.75) is 19.3 Å². The average Bonchev–Trinajstić information content (AvgIpc) is 2.79. The molecule has 0 radical (unpaired) electrons. The number of para-hydroxylation sites is 1. The quantitative estimate of drug-likeness (QED) is 0.468. The Kier molecular flexibility index (Phi) is 7.27. The van der Waals surface area contributed by atoms with Crippen LogP contribution in [0.3, 0.4) is 0 Å². The molecule has 3 aromatic rings. The van der Waals surface area contributed by atoms with Crippen molar-refractivity contribution in [2.75, 3.05) is 32.2 Å². The molecule has 8 heteroatoms. The van der Waals surface area contributed by atoms with E-state index in [1.807, 2.05) is 32.0 Å². The van der Waals surface area contributed by atoms with E-state index in [0.717, 1.165) is 5.56 Å². The number of alkyl carbamates (subject to hydrolysis) is 1. The SMILES string of the molecule is COCCOC(=O)NCC(C)(C)c1ccc(NC(=O)c2c[nH]c3ccccc3c2=O)cc1. The Morgan fingerprint density at radius 3 is 2.47 bits per heavy atom. The highest BCUT2D eigenvalue weighted by Crippen LogP contribution is 2.24. The van der Waals surface area contributed by atoms with Crippen molar-refractivity contribution in [1.82, 2.24) is 10.3 Å². The number of anilines is 1. The first-order valence-electron chi connectivity index (χ1n) is 10.2. The highest BCUT2D eigenvalue weighted by molar-refractivity contribution is 6.05. The lowest BCUT2D eigenvalue weighted by molar-refractivity contribution is 0.0975. The molecule has 0 unspecified atom stereocenters. The van der Waals surface area contributed by atoms with Crippen molar-refractivity contribution in [3.05, 3.63) is 76.1 Å². The number of benzene rings is 2. The van der Waals surface area contributed by atoms with E-state index in [2.05, 4.69) is 15.6 Å². The molecule has 1 heterocycles. The first-order chi connectivity index (χ1) is 15.3. The van der Waals surface area contributed by atoms with E-state index in [0.29, 0.717) is 29.7 Å². The number of fused-ring (bicyclic) bond motifs is 1. The summed E-state index contributed by atoms with van der Waals surface area (Å²) in [5.41, 5.74) is 1.57. The largest absolute Gasteiger partial charge is 0.447 e. The van der Waals surface area contributed by atoms with Gasteiger partial charge in [-0.25, -0.2) is 4.79 Å². The fraction of sp³-hybridized carbons (Fsp3) is 0.292. The number of pyridine rings is 1. The Morgan fingerprint density at radius 2 is 1.75 bits per heavy atom. The summed E-state index contributed by atoms with van der Waals surface area (Å²) in [6.07, 6.45) is 0.925. The number of aromatic nitrogens is 1. The average molecular weight is 437 g/mol. The second kappa shape index (κ2) is 10.1. The second-order valence-electron chi connectivity index (χ2n) is 7.97. The fourth-order valence-electron chi connectivity index (χ4n) is 3.20. The van der Waals surface area contributed by atoms with Crippen LogP contribution in [-0.2, 0) is 14.9 Å². The topological polar surface area (TPSA) is 110 Å². The summed E-state index contributed by atoms with van der Waals surface area (Å²) in [4.78, 5) is 40.0. The minimum Gasteiger partial charge on any atom is -0.447 e. The van der Waals surface area contributed by atoms with Crippen LogP contribution in [0.2, 0.25) is 0 Å². The fourth-order valence-corrected chi connectivity index (χ4v) is 3.20. The maximum atomic E-state index is 12.6. The lowest BCUT2D eigenvalue weighted by atomic mass is 9.84. The van der Waals surface area contributed by atoms with Crippen LogP contribution < -0.4 is 16.1 Å². The van der Waals surface area contributed by atoms with Crippen LogP contribution in [0.1, 0.15) is 29.8 Å². The molecular formula is C24H27N3O5. The van der Waals surface area contributed by atoms with Gasteiger partial charge in [0.05, 0.1) is 6.61 Å². The van der Waals surface area contributed by atoms with Crippen LogP contribution in [0.25, 0.3) is 10.9 Å². The summed E-state index contributed by atoms with van der Waals surface area (Å²) in [7, 11) is 1.54. The van der Waals surface area contributed by atoms with Crippen molar-refractivity contribution in [2.24, 2.45) is 0 Å². The lowest BCUT2D eigenvalue weighted by Crippen LogP contribution is -2.37. The maximum Gasteiger partial charge on any atom is 0.407 e. The van der Waals surface area contributed by atoms with E-state index in [1.54, 1.807) is 30.3 Å². The first kappa shape index (κ1) is 23.0. The van der Waals surface area contributed by atoms with Gasteiger partial charge < -0.3 is 25.1 Å². The number of H-pyrrole nitrogens is 1. The molecule has 0 bridgehead atoms. The van der Waals surface area contributed by atoms with Gasteiger partial charge in [0.15, 0.2) is 0 Å². The summed E-state index contributed by atoms with van der Waals surface area (Å²) in [6.45, 7) is 4.89. The number of nitrogens with one attached hydrogen (secondary N) is 3. The number of carbonyl (C=O) groups excluding carboxylic acids is 2. The third-order valence-corrected chi connectivity index (χ3v) is 5.15. The van der Waals surface area contributed by atoms with Crippen LogP contribution in [0.5, 0.6) is 0 Å². The van der Waals surface area contributed by atoms with Gasteiger partial charge in [0.2, 0.25) is 5.43 Å². The van der Waals surface area contributed by atoms with Crippen LogP contribution >= 0.6 is 0 Å². The summed E-state index contributed by atoms with van der Waals surface area (Å²) >= 11 is 0. The van der Waals surface area contributed by atoms with Crippen molar-refractivity contribution >= 4 is 28.6 Å². The molecule has 0 aliphatic carbocycles. The van der Waals surface area contributed by atoms with E-state index in [-0.39, 0.29) is 23.0 Å². The number of hydrogen-bond donors (Lipinski definition) is 3. The lowest BCUT2D eigenvalue weighted by Gasteiger charge is -2.25. The number of rotatable bonds is 8. The van der Waals surface area contributed by atoms with E-state index in [4.69, 9.17) is 9.47 Å². The molecule has 0 saturated heterocycles.